The molecule has 0 aromatic heterocycles. The molecule has 1 saturated heterocycles. The predicted octanol–water partition coefficient (Wildman–Crippen LogP) is 5.41. The molecule has 1 fully saturated rings. The summed E-state index contributed by atoms with van der Waals surface area (Å²) < 4.78 is 16.8. The van der Waals surface area contributed by atoms with E-state index in [2.05, 4.69) is 11.9 Å². The van der Waals surface area contributed by atoms with Gasteiger partial charge in [0.1, 0.15) is 12.2 Å². The number of hydrogen-bond donors (Lipinski definition) is 1. The predicted molar refractivity (Wildman–Crippen MR) is 138 cm³/mol. The Kier molecular flexibility index (Phi) is 9.38. The maximum absolute atomic E-state index is 13.2. The van der Waals surface area contributed by atoms with Crippen molar-refractivity contribution in [2.24, 2.45) is 0 Å². The first-order valence-electron chi connectivity index (χ1n) is 11.3. The Morgan fingerprint density at radius 1 is 1.00 bits per heavy atom. The highest BCUT2D eigenvalue weighted by Crippen LogP contribution is 2.35. The first kappa shape index (κ1) is 27.1. The van der Waals surface area contributed by atoms with Gasteiger partial charge in [0.05, 0.1) is 29.8 Å². The zero-order valence-corrected chi connectivity index (χ0v) is 21.4. The molecule has 10 heteroatoms. The molecule has 2 aromatic rings. The molecule has 4 amide bonds. The van der Waals surface area contributed by atoms with Gasteiger partial charge in [0, 0.05) is 0 Å². The van der Waals surface area contributed by atoms with E-state index in [1.807, 2.05) is 13.8 Å². The first-order valence-corrected chi connectivity index (χ1v) is 12.0. The summed E-state index contributed by atoms with van der Waals surface area (Å²) in [6.07, 6.45) is 3.70. The number of imide groups is 2. The van der Waals surface area contributed by atoms with Crippen molar-refractivity contribution >= 4 is 47.1 Å². The quantitative estimate of drug-likeness (QED) is 0.236. The molecular weight excluding hydrogens is 507 g/mol. The Hall–Kier alpha value is -3.49. The van der Waals surface area contributed by atoms with Crippen LogP contribution in [0.1, 0.15) is 31.4 Å². The molecule has 3 rings (SSSR count). The monoisotopic (exact) mass is 532 g/mol. The normalized spacial score (nSPS) is 14.6. The lowest BCUT2D eigenvalue weighted by molar-refractivity contribution is -0.130. The highest BCUT2D eigenvalue weighted by molar-refractivity contribution is 6.37. The maximum Gasteiger partial charge on any atom is 0.331 e. The molecule has 36 heavy (non-hydrogen) atoms. The maximum atomic E-state index is 13.2. The van der Waals surface area contributed by atoms with E-state index in [1.54, 1.807) is 24.3 Å². The van der Waals surface area contributed by atoms with Crippen LogP contribution in [0.5, 0.6) is 17.2 Å². The molecule has 8 nitrogen and oxygen atoms in total. The first-order chi connectivity index (χ1) is 17.3. The second kappa shape index (κ2) is 12.5. The molecule has 0 radical (unpaired) electrons. The molecule has 2 aromatic carbocycles. The Balaban J connectivity index is 1.88. The van der Waals surface area contributed by atoms with Crippen LogP contribution in [0.4, 0.5) is 4.79 Å². The van der Waals surface area contributed by atoms with E-state index in [0.29, 0.717) is 35.8 Å². The standard InChI is InChI=1S/C26H26Cl2N2O6/c1-4-9-35-21-8-7-16(14-22(21)34-6-3)15-30-25(32)18(24(31)29-26(30)33)11-17-12-19(27)23(20(28)13-17)36-10-5-2/h5,7-8,11-14H,2,4,6,9-10,15H2,1,3H3,(H,29,31,33)/b18-11+. The van der Waals surface area contributed by atoms with Crippen LogP contribution in [0.3, 0.4) is 0 Å². The Morgan fingerprint density at radius 2 is 1.72 bits per heavy atom. The van der Waals surface area contributed by atoms with Gasteiger partial charge in [-0.2, -0.15) is 0 Å². The largest absolute Gasteiger partial charge is 0.490 e. The number of halogens is 2. The van der Waals surface area contributed by atoms with E-state index in [4.69, 9.17) is 37.4 Å². The van der Waals surface area contributed by atoms with Gasteiger partial charge >= 0.3 is 6.03 Å². The van der Waals surface area contributed by atoms with Crippen LogP contribution < -0.4 is 19.5 Å². The fourth-order valence-corrected chi connectivity index (χ4v) is 3.99. The lowest BCUT2D eigenvalue weighted by Gasteiger charge is -2.26. The van der Waals surface area contributed by atoms with Crippen molar-refractivity contribution in [2.75, 3.05) is 19.8 Å². The van der Waals surface area contributed by atoms with E-state index in [1.165, 1.54) is 18.2 Å². The third kappa shape index (κ3) is 6.38. The van der Waals surface area contributed by atoms with Crippen molar-refractivity contribution in [1.29, 1.82) is 0 Å². The van der Waals surface area contributed by atoms with Crippen LogP contribution in [0.25, 0.3) is 6.08 Å². The number of carbonyl (C=O) groups is 3. The topological polar surface area (TPSA) is 94.2 Å². The van der Waals surface area contributed by atoms with Gasteiger partial charge in [-0.25, -0.2) is 4.79 Å². The smallest absolute Gasteiger partial charge is 0.331 e. The molecule has 190 valence electrons. The van der Waals surface area contributed by atoms with Crippen molar-refractivity contribution in [3.63, 3.8) is 0 Å². The number of barbiturate groups is 1. The minimum absolute atomic E-state index is 0.0841. The molecule has 1 N–H and O–H groups in total. The van der Waals surface area contributed by atoms with Crippen LogP contribution >= 0.6 is 23.2 Å². The van der Waals surface area contributed by atoms with Crippen molar-refractivity contribution in [3.8, 4) is 17.2 Å². The van der Waals surface area contributed by atoms with Gasteiger partial charge in [0.15, 0.2) is 17.2 Å². The number of ether oxygens (including phenoxy) is 3. The molecule has 0 unspecified atom stereocenters. The summed E-state index contributed by atoms with van der Waals surface area (Å²) in [6, 6.07) is 7.35. The Bertz CT molecular complexity index is 1190. The van der Waals surface area contributed by atoms with Gasteiger partial charge in [-0.05, 0) is 54.8 Å². The summed E-state index contributed by atoms with van der Waals surface area (Å²) >= 11 is 12.5. The number of urea groups is 1. The molecule has 0 saturated carbocycles. The minimum Gasteiger partial charge on any atom is -0.490 e. The number of nitrogens with one attached hydrogen (secondary N) is 1. The number of nitrogens with zero attached hydrogens (tertiary/aromatic N) is 1. The highest BCUT2D eigenvalue weighted by atomic mass is 35.5. The second-order valence-corrected chi connectivity index (χ2v) is 8.50. The van der Waals surface area contributed by atoms with Gasteiger partial charge in [-0.3, -0.25) is 19.8 Å². The van der Waals surface area contributed by atoms with Crippen LogP contribution in [0.15, 0.2) is 48.6 Å². The van der Waals surface area contributed by atoms with Gasteiger partial charge in [-0.15, -0.1) is 0 Å². The number of amides is 4. The second-order valence-electron chi connectivity index (χ2n) is 7.68. The summed E-state index contributed by atoms with van der Waals surface area (Å²) in [5.41, 5.74) is 0.767. The average Bonchev–Trinajstić information content (AvgIpc) is 2.83. The Labute approximate surface area is 219 Å². The molecule has 0 aliphatic carbocycles. The van der Waals surface area contributed by atoms with Gasteiger partial charge in [0.25, 0.3) is 11.8 Å². The van der Waals surface area contributed by atoms with Crippen LogP contribution in [0, 0.1) is 0 Å². The number of carbonyl (C=O) groups excluding carboxylic acids is 3. The summed E-state index contributed by atoms with van der Waals surface area (Å²) in [5.74, 6) is -0.246. The highest BCUT2D eigenvalue weighted by Gasteiger charge is 2.36. The molecule has 1 aliphatic heterocycles. The minimum atomic E-state index is -0.823. The summed E-state index contributed by atoms with van der Waals surface area (Å²) in [7, 11) is 0. The summed E-state index contributed by atoms with van der Waals surface area (Å²) in [4.78, 5) is 39.1. The van der Waals surface area contributed by atoms with Gasteiger partial charge in [0.2, 0.25) is 0 Å². The van der Waals surface area contributed by atoms with Gasteiger partial charge in [-0.1, -0.05) is 48.8 Å². The zero-order chi connectivity index (χ0) is 26.2. The number of rotatable bonds is 11. The molecule has 1 heterocycles. The van der Waals surface area contributed by atoms with E-state index >= 15 is 0 Å². The zero-order valence-electron chi connectivity index (χ0n) is 19.9. The fourth-order valence-electron chi connectivity index (χ4n) is 3.38. The summed E-state index contributed by atoms with van der Waals surface area (Å²) in [6.45, 7) is 8.47. The van der Waals surface area contributed by atoms with E-state index in [9.17, 15) is 14.4 Å². The van der Waals surface area contributed by atoms with Crippen LogP contribution in [-0.4, -0.2) is 42.6 Å². The molecule has 0 bridgehead atoms. The average molecular weight is 533 g/mol. The lowest BCUT2D eigenvalue weighted by Crippen LogP contribution is -2.53. The van der Waals surface area contributed by atoms with Crippen molar-refractivity contribution < 1.29 is 28.6 Å². The molecule has 1 aliphatic rings. The third-order valence-corrected chi connectivity index (χ3v) is 5.53. The Morgan fingerprint density at radius 3 is 2.36 bits per heavy atom. The third-order valence-electron chi connectivity index (χ3n) is 4.97. The number of hydrogen-bond acceptors (Lipinski definition) is 6. The van der Waals surface area contributed by atoms with E-state index in [-0.39, 0.29) is 34.5 Å². The number of benzene rings is 2. The van der Waals surface area contributed by atoms with E-state index in [0.717, 1.165) is 11.3 Å². The molecular formula is C26H26Cl2N2O6. The fraction of sp³-hybridized carbons (Fsp3) is 0.269. The SMILES string of the molecule is C=CCOc1c(Cl)cc(/C=C2\C(=O)NC(=O)N(Cc3ccc(OCCC)c(OCC)c3)C2=O)cc1Cl. The van der Waals surface area contributed by atoms with Crippen molar-refractivity contribution in [3.05, 3.63) is 69.7 Å². The van der Waals surface area contributed by atoms with Crippen LogP contribution in [0.2, 0.25) is 10.0 Å². The molecule has 0 spiro atoms. The lowest BCUT2D eigenvalue weighted by atomic mass is 10.1. The molecule has 0 atom stereocenters. The summed E-state index contributed by atoms with van der Waals surface area (Å²) in [5, 5.41) is 2.59. The van der Waals surface area contributed by atoms with Crippen LogP contribution in [-0.2, 0) is 16.1 Å². The van der Waals surface area contributed by atoms with Crippen molar-refractivity contribution in [1.82, 2.24) is 10.2 Å². The van der Waals surface area contributed by atoms with Gasteiger partial charge < -0.3 is 14.2 Å². The van der Waals surface area contributed by atoms with Crippen molar-refractivity contribution in [2.45, 2.75) is 26.8 Å². The van der Waals surface area contributed by atoms with E-state index < -0.39 is 17.8 Å².